The molecular weight excluding hydrogens is 466 g/mol. The van der Waals surface area contributed by atoms with Crippen molar-refractivity contribution in [2.24, 2.45) is 0 Å². The van der Waals surface area contributed by atoms with E-state index in [-0.39, 0.29) is 24.5 Å². The van der Waals surface area contributed by atoms with Gasteiger partial charge in [0.2, 0.25) is 0 Å². The minimum Gasteiger partial charge on any atom is -0.394 e. The molecule has 5 aromatic rings. The summed E-state index contributed by atoms with van der Waals surface area (Å²) < 4.78 is 31.9. The molecule has 3 heterocycles. The summed E-state index contributed by atoms with van der Waals surface area (Å²) in [6.45, 7) is -0.170. The number of amides is 1. The van der Waals surface area contributed by atoms with Crippen LogP contribution in [-0.4, -0.2) is 49.2 Å². The first-order chi connectivity index (χ1) is 16.5. The zero-order chi connectivity index (χ0) is 23.7. The lowest BCUT2D eigenvalue weighted by Crippen LogP contribution is -2.27. The molecule has 0 radical (unpaired) electrons. The van der Waals surface area contributed by atoms with Gasteiger partial charge in [-0.2, -0.15) is 0 Å². The highest BCUT2D eigenvalue weighted by atomic mass is 32.1. The highest BCUT2D eigenvalue weighted by Crippen LogP contribution is 2.25. The van der Waals surface area contributed by atoms with Crippen molar-refractivity contribution < 1.29 is 23.5 Å². The molecule has 34 heavy (non-hydrogen) atoms. The van der Waals surface area contributed by atoms with Crippen molar-refractivity contribution in [1.29, 1.82) is 0 Å². The van der Waals surface area contributed by atoms with Gasteiger partial charge >= 0.3 is 0 Å². The molecule has 3 aromatic heterocycles. The van der Waals surface area contributed by atoms with Gasteiger partial charge in [0.15, 0.2) is 5.65 Å². The molecule has 0 aliphatic rings. The second kappa shape index (κ2) is 9.17. The fourth-order valence-corrected chi connectivity index (χ4v) is 4.18. The van der Waals surface area contributed by atoms with Gasteiger partial charge in [0.05, 0.1) is 41.2 Å². The quantitative estimate of drug-likeness (QED) is 0.271. The van der Waals surface area contributed by atoms with Crippen LogP contribution in [0.25, 0.3) is 32.6 Å². The first kappa shape index (κ1) is 21.9. The minimum absolute atomic E-state index is 0.142. The zero-order valence-electron chi connectivity index (χ0n) is 17.4. The summed E-state index contributed by atoms with van der Waals surface area (Å²) in [4.78, 5) is 25.4. The van der Waals surface area contributed by atoms with Crippen LogP contribution in [0.2, 0.25) is 0 Å². The van der Waals surface area contributed by atoms with Crippen LogP contribution in [0.3, 0.4) is 0 Å². The largest absolute Gasteiger partial charge is 0.394 e. The number of pyridine rings is 1. The number of rotatable bonds is 7. The third kappa shape index (κ3) is 4.21. The van der Waals surface area contributed by atoms with E-state index in [0.717, 1.165) is 27.9 Å². The minimum atomic E-state index is -1.10. The second-order valence-electron chi connectivity index (χ2n) is 7.26. The van der Waals surface area contributed by atoms with Gasteiger partial charge < -0.3 is 5.11 Å². The monoisotopic (exact) mass is 482 g/mol. The number of carbonyl (C=O) groups excluding carboxylic acids is 1. The summed E-state index contributed by atoms with van der Waals surface area (Å²) in [5, 5.41) is 17.0. The standard InChI is InChI=1S/C22H16F2N6O3S/c23-14-8-13(9-15(24)20(14)22(32)28-33-6-5-31)16-3-4-18-21(26-16)30(29-27-18)10-12-1-2-17-19(7-12)34-11-25-17/h1-4,7-9,11,31H,5-6,10H2,(H,28,32). The number of aliphatic hydroxyl groups is 1. The van der Waals surface area contributed by atoms with Crippen LogP contribution in [0.15, 0.2) is 48.0 Å². The van der Waals surface area contributed by atoms with Gasteiger partial charge in [-0.1, -0.05) is 11.3 Å². The molecule has 5 rings (SSSR count). The summed E-state index contributed by atoms with van der Waals surface area (Å²) >= 11 is 1.54. The Kier molecular flexibility index (Phi) is 5.92. The van der Waals surface area contributed by atoms with Crippen molar-refractivity contribution in [3.63, 3.8) is 0 Å². The third-order valence-corrected chi connectivity index (χ3v) is 5.80. The van der Waals surface area contributed by atoms with Crippen molar-refractivity contribution in [2.75, 3.05) is 13.2 Å². The topological polar surface area (TPSA) is 115 Å². The van der Waals surface area contributed by atoms with Crippen LogP contribution < -0.4 is 5.48 Å². The molecule has 2 aromatic carbocycles. The number of hydrogen-bond acceptors (Lipinski definition) is 8. The van der Waals surface area contributed by atoms with Crippen LogP contribution in [0.4, 0.5) is 8.78 Å². The maximum Gasteiger partial charge on any atom is 0.280 e. The molecule has 0 saturated carbocycles. The number of aromatic nitrogens is 5. The van der Waals surface area contributed by atoms with Crippen LogP contribution in [0.5, 0.6) is 0 Å². The van der Waals surface area contributed by atoms with E-state index in [0.29, 0.717) is 17.7 Å². The Labute approximate surface area is 194 Å². The van der Waals surface area contributed by atoms with E-state index in [2.05, 4.69) is 25.1 Å². The molecule has 0 unspecified atom stereocenters. The van der Waals surface area contributed by atoms with Crippen molar-refractivity contribution in [3.05, 3.63) is 70.7 Å². The van der Waals surface area contributed by atoms with Crippen molar-refractivity contribution in [1.82, 2.24) is 30.4 Å². The van der Waals surface area contributed by atoms with E-state index in [9.17, 15) is 13.6 Å². The fourth-order valence-electron chi connectivity index (χ4n) is 3.44. The Hall–Kier alpha value is -3.87. The lowest BCUT2D eigenvalue weighted by atomic mass is 10.1. The van der Waals surface area contributed by atoms with E-state index in [4.69, 9.17) is 5.11 Å². The number of hydroxylamine groups is 1. The van der Waals surface area contributed by atoms with E-state index in [1.807, 2.05) is 23.7 Å². The van der Waals surface area contributed by atoms with Crippen LogP contribution in [0.1, 0.15) is 15.9 Å². The van der Waals surface area contributed by atoms with Gasteiger partial charge in [0.1, 0.15) is 22.7 Å². The third-order valence-electron chi connectivity index (χ3n) is 5.01. The van der Waals surface area contributed by atoms with Crippen molar-refractivity contribution >= 4 is 38.6 Å². The smallest absolute Gasteiger partial charge is 0.280 e. The molecule has 12 heteroatoms. The molecule has 2 N–H and O–H groups in total. The first-order valence-electron chi connectivity index (χ1n) is 10.1. The highest BCUT2D eigenvalue weighted by molar-refractivity contribution is 7.16. The van der Waals surface area contributed by atoms with Crippen LogP contribution in [-0.2, 0) is 11.4 Å². The van der Waals surface area contributed by atoms with E-state index >= 15 is 0 Å². The van der Waals surface area contributed by atoms with Crippen molar-refractivity contribution in [2.45, 2.75) is 6.54 Å². The molecule has 0 fully saturated rings. The molecule has 0 atom stereocenters. The Morgan fingerprint density at radius 2 is 1.91 bits per heavy atom. The number of aliphatic hydroxyl groups excluding tert-OH is 1. The summed E-state index contributed by atoms with van der Waals surface area (Å²) in [6, 6.07) is 11.2. The van der Waals surface area contributed by atoms with Gasteiger partial charge in [-0.05, 0) is 42.0 Å². The second-order valence-corrected chi connectivity index (χ2v) is 8.15. The van der Waals surface area contributed by atoms with Gasteiger partial charge in [0, 0.05) is 5.56 Å². The summed E-state index contributed by atoms with van der Waals surface area (Å²) in [6.07, 6.45) is 0. The SMILES string of the molecule is O=C(NOCCO)c1c(F)cc(-c2ccc3nnn(Cc4ccc5ncsc5c4)c3n2)cc1F. The molecule has 1 amide bonds. The number of fused-ring (bicyclic) bond motifs is 2. The molecule has 0 spiro atoms. The van der Waals surface area contributed by atoms with Crippen LogP contribution in [0, 0.1) is 11.6 Å². The Balaban J connectivity index is 1.45. The van der Waals surface area contributed by atoms with Gasteiger partial charge in [-0.15, -0.1) is 16.4 Å². The molecule has 9 nitrogen and oxygen atoms in total. The number of nitrogens with one attached hydrogen (secondary N) is 1. The van der Waals surface area contributed by atoms with Crippen LogP contribution >= 0.6 is 11.3 Å². The van der Waals surface area contributed by atoms with E-state index < -0.39 is 23.1 Å². The lowest BCUT2D eigenvalue weighted by Gasteiger charge is -2.09. The molecule has 0 bridgehead atoms. The molecule has 0 aliphatic heterocycles. The van der Waals surface area contributed by atoms with Crippen molar-refractivity contribution in [3.8, 4) is 11.3 Å². The number of halogens is 2. The highest BCUT2D eigenvalue weighted by Gasteiger charge is 2.20. The summed E-state index contributed by atoms with van der Waals surface area (Å²) in [5.41, 5.74) is 6.16. The zero-order valence-corrected chi connectivity index (χ0v) is 18.2. The number of hydrogen-bond donors (Lipinski definition) is 2. The lowest BCUT2D eigenvalue weighted by molar-refractivity contribution is 0.0162. The maximum atomic E-state index is 14.6. The Morgan fingerprint density at radius 1 is 1.12 bits per heavy atom. The molecule has 172 valence electrons. The number of thiazole rings is 1. The predicted molar refractivity (Wildman–Crippen MR) is 120 cm³/mol. The Bertz CT molecular complexity index is 1500. The van der Waals surface area contributed by atoms with Gasteiger partial charge in [-0.25, -0.2) is 28.9 Å². The number of carbonyl (C=O) groups is 1. The fraction of sp³-hybridized carbons (Fsp3) is 0.136. The predicted octanol–water partition coefficient (Wildman–Crippen LogP) is 3.08. The first-order valence-corrected chi connectivity index (χ1v) is 11.0. The molecular formula is C22H16F2N6O3S. The van der Waals surface area contributed by atoms with E-state index in [1.54, 1.807) is 22.3 Å². The number of nitrogens with zero attached hydrogens (tertiary/aromatic N) is 5. The average molecular weight is 482 g/mol. The average Bonchev–Trinajstić information content (AvgIpc) is 3.45. The molecule has 0 aliphatic carbocycles. The van der Waals surface area contributed by atoms with E-state index in [1.165, 1.54) is 11.3 Å². The normalized spacial score (nSPS) is 11.4. The maximum absolute atomic E-state index is 14.6. The number of benzene rings is 2. The van der Waals surface area contributed by atoms with Gasteiger partial charge in [-0.3, -0.25) is 9.63 Å². The van der Waals surface area contributed by atoms with Gasteiger partial charge in [0.25, 0.3) is 5.91 Å². The summed E-state index contributed by atoms with van der Waals surface area (Å²) in [5.74, 6) is -3.25. The molecule has 0 saturated heterocycles. The Morgan fingerprint density at radius 3 is 2.71 bits per heavy atom. The summed E-state index contributed by atoms with van der Waals surface area (Å²) in [7, 11) is 0.